The van der Waals surface area contributed by atoms with Gasteiger partial charge in [0.05, 0.1) is 12.8 Å². The molecule has 0 spiro atoms. The highest BCUT2D eigenvalue weighted by molar-refractivity contribution is 5.87. The third-order valence-corrected chi connectivity index (χ3v) is 2.84. The topological polar surface area (TPSA) is 89.6 Å². The second-order valence-electron chi connectivity index (χ2n) is 4.12. The fourth-order valence-corrected chi connectivity index (χ4v) is 1.90. The molecule has 0 saturated heterocycles. The zero-order chi connectivity index (χ0) is 15.0. The summed E-state index contributed by atoms with van der Waals surface area (Å²) in [6.45, 7) is 0. The van der Waals surface area contributed by atoms with Crippen LogP contribution in [0.2, 0.25) is 0 Å². The molecule has 106 valence electrons. The molecule has 3 rings (SSSR count). The Kier molecular flexibility index (Phi) is 2.98. The van der Waals surface area contributed by atoms with Crippen LogP contribution in [0.15, 0.2) is 30.3 Å². The molecule has 8 heteroatoms. The van der Waals surface area contributed by atoms with Gasteiger partial charge in [0.2, 0.25) is 0 Å². The number of benzene rings is 1. The summed E-state index contributed by atoms with van der Waals surface area (Å²) in [7, 11) is 1.35. The quantitative estimate of drug-likeness (QED) is 0.788. The molecule has 1 aromatic carbocycles. The summed E-state index contributed by atoms with van der Waals surface area (Å²) in [5, 5.41) is 13.1. The molecule has 2 aromatic heterocycles. The normalized spacial score (nSPS) is 10.8. The molecule has 0 unspecified atom stereocenters. The number of carboxylic acids is 1. The number of hydrogen-bond donors (Lipinski definition) is 1. The lowest BCUT2D eigenvalue weighted by Gasteiger charge is -2.04. The predicted molar refractivity (Wildman–Crippen MR) is 69.7 cm³/mol. The molecule has 7 nitrogen and oxygen atoms in total. The van der Waals surface area contributed by atoms with Crippen LogP contribution in [0.3, 0.4) is 0 Å². The highest BCUT2D eigenvalue weighted by atomic mass is 19.1. The Labute approximate surface area is 117 Å². The maximum Gasteiger partial charge on any atom is 0.354 e. The van der Waals surface area contributed by atoms with E-state index in [0.29, 0.717) is 0 Å². The molecular weight excluding hydrogens is 279 g/mol. The second kappa shape index (κ2) is 4.82. The van der Waals surface area contributed by atoms with Crippen LogP contribution < -0.4 is 4.74 Å². The summed E-state index contributed by atoms with van der Waals surface area (Å²) in [6, 6.07) is 7.17. The van der Waals surface area contributed by atoms with E-state index in [0.717, 1.165) is 4.52 Å². The zero-order valence-corrected chi connectivity index (χ0v) is 10.8. The molecule has 0 aliphatic carbocycles. The van der Waals surface area contributed by atoms with Gasteiger partial charge in [-0.1, -0.05) is 12.1 Å². The van der Waals surface area contributed by atoms with Crippen LogP contribution in [0.1, 0.15) is 10.5 Å². The number of rotatable bonds is 3. The summed E-state index contributed by atoms with van der Waals surface area (Å²) in [5.41, 5.74) is 0.159. The third-order valence-electron chi connectivity index (χ3n) is 2.84. The molecule has 0 radical (unpaired) electrons. The summed E-state index contributed by atoms with van der Waals surface area (Å²) in [6.07, 6.45) is 0. The molecule has 21 heavy (non-hydrogen) atoms. The standard InChI is InChI=1S/C13H9FN4O3/c1-21-13-16-12-15-9(7-4-2-3-5-8(7)14)6-10(11(19)20)18(12)17-13/h2-6H,1H3,(H,19,20). The van der Waals surface area contributed by atoms with Crippen LogP contribution in [0, 0.1) is 5.82 Å². The lowest BCUT2D eigenvalue weighted by Crippen LogP contribution is -2.08. The van der Waals surface area contributed by atoms with Crippen molar-refractivity contribution in [3.8, 4) is 17.3 Å². The van der Waals surface area contributed by atoms with E-state index in [1.54, 1.807) is 6.07 Å². The van der Waals surface area contributed by atoms with Crippen LogP contribution in [-0.4, -0.2) is 37.8 Å². The van der Waals surface area contributed by atoms with Crippen molar-refractivity contribution in [3.05, 3.63) is 41.8 Å². The fraction of sp³-hybridized carbons (Fsp3) is 0.0769. The van der Waals surface area contributed by atoms with Gasteiger partial charge in [-0.05, 0) is 18.2 Å². The van der Waals surface area contributed by atoms with Crippen molar-refractivity contribution >= 4 is 11.7 Å². The second-order valence-corrected chi connectivity index (χ2v) is 4.12. The Hall–Kier alpha value is -3.03. The Bertz CT molecular complexity index is 847. The summed E-state index contributed by atoms with van der Waals surface area (Å²) < 4.78 is 19.7. The number of nitrogens with zero attached hydrogens (tertiary/aromatic N) is 4. The third kappa shape index (κ3) is 2.16. The van der Waals surface area contributed by atoms with Crippen molar-refractivity contribution in [1.82, 2.24) is 19.6 Å². The number of carbonyl (C=O) groups is 1. The van der Waals surface area contributed by atoms with Gasteiger partial charge >= 0.3 is 12.0 Å². The van der Waals surface area contributed by atoms with Crippen molar-refractivity contribution in [2.75, 3.05) is 7.11 Å². The average Bonchev–Trinajstić information content (AvgIpc) is 2.89. The first-order valence-electron chi connectivity index (χ1n) is 5.90. The number of methoxy groups -OCH3 is 1. The van der Waals surface area contributed by atoms with Crippen molar-refractivity contribution < 1.29 is 19.0 Å². The van der Waals surface area contributed by atoms with E-state index in [-0.39, 0.29) is 28.7 Å². The Morgan fingerprint density at radius 3 is 2.76 bits per heavy atom. The van der Waals surface area contributed by atoms with E-state index in [1.807, 2.05) is 0 Å². The number of carboxylic acid groups (broad SMARTS) is 1. The lowest BCUT2D eigenvalue weighted by atomic mass is 10.1. The smallest absolute Gasteiger partial charge is 0.354 e. The number of hydrogen-bond acceptors (Lipinski definition) is 5. The van der Waals surface area contributed by atoms with Crippen molar-refractivity contribution in [2.24, 2.45) is 0 Å². The van der Waals surface area contributed by atoms with Crippen LogP contribution in [0.25, 0.3) is 17.0 Å². The molecule has 2 heterocycles. The molecule has 0 amide bonds. The molecule has 3 aromatic rings. The minimum atomic E-state index is -1.23. The molecule has 1 N–H and O–H groups in total. The molecule has 0 saturated carbocycles. The fourth-order valence-electron chi connectivity index (χ4n) is 1.90. The van der Waals surface area contributed by atoms with Gasteiger partial charge in [-0.25, -0.2) is 14.2 Å². The highest BCUT2D eigenvalue weighted by Gasteiger charge is 2.18. The zero-order valence-electron chi connectivity index (χ0n) is 10.8. The van der Waals surface area contributed by atoms with Crippen LogP contribution in [-0.2, 0) is 0 Å². The SMILES string of the molecule is COc1nc2nc(-c3ccccc3F)cc(C(=O)O)n2n1. The van der Waals surface area contributed by atoms with Gasteiger partial charge in [0.25, 0.3) is 5.78 Å². The van der Waals surface area contributed by atoms with E-state index in [9.17, 15) is 14.3 Å². The molecule has 0 aliphatic heterocycles. The van der Waals surface area contributed by atoms with Gasteiger partial charge in [0.15, 0.2) is 5.69 Å². The minimum absolute atomic E-state index is 0.0179. The number of aromatic nitrogens is 4. The van der Waals surface area contributed by atoms with Gasteiger partial charge < -0.3 is 9.84 Å². The number of aromatic carboxylic acids is 1. The maximum absolute atomic E-state index is 13.8. The van der Waals surface area contributed by atoms with Gasteiger partial charge in [-0.3, -0.25) is 0 Å². The van der Waals surface area contributed by atoms with E-state index in [1.165, 1.54) is 31.4 Å². The van der Waals surface area contributed by atoms with E-state index in [2.05, 4.69) is 15.1 Å². The molecule has 0 aliphatic rings. The van der Waals surface area contributed by atoms with Crippen LogP contribution in [0.4, 0.5) is 4.39 Å². The van der Waals surface area contributed by atoms with E-state index in [4.69, 9.17) is 4.74 Å². The van der Waals surface area contributed by atoms with Gasteiger partial charge in [-0.15, -0.1) is 5.10 Å². The Balaban J connectivity index is 2.30. The lowest BCUT2D eigenvalue weighted by molar-refractivity contribution is 0.0687. The summed E-state index contributed by atoms with van der Waals surface area (Å²) >= 11 is 0. The Morgan fingerprint density at radius 2 is 2.10 bits per heavy atom. The highest BCUT2D eigenvalue weighted by Crippen LogP contribution is 2.22. The van der Waals surface area contributed by atoms with Gasteiger partial charge in [-0.2, -0.15) is 9.50 Å². The summed E-state index contributed by atoms with van der Waals surface area (Å²) in [5.74, 6) is -1.71. The minimum Gasteiger partial charge on any atom is -0.477 e. The molecule has 0 atom stereocenters. The van der Waals surface area contributed by atoms with Gasteiger partial charge in [0, 0.05) is 5.56 Å². The van der Waals surface area contributed by atoms with Crippen molar-refractivity contribution in [3.63, 3.8) is 0 Å². The largest absolute Gasteiger partial charge is 0.477 e. The number of halogens is 1. The Morgan fingerprint density at radius 1 is 1.33 bits per heavy atom. The molecular formula is C13H9FN4O3. The molecule has 0 fully saturated rings. The van der Waals surface area contributed by atoms with Gasteiger partial charge in [0.1, 0.15) is 5.82 Å². The molecule has 0 bridgehead atoms. The first-order chi connectivity index (χ1) is 10.1. The van der Waals surface area contributed by atoms with Crippen molar-refractivity contribution in [1.29, 1.82) is 0 Å². The first kappa shape index (κ1) is 13.0. The van der Waals surface area contributed by atoms with Crippen molar-refractivity contribution in [2.45, 2.75) is 0 Å². The van der Waals surface area contributed by atoms with E-state index < -0.39 is 11.8 Å². The summed E-state index contributed by atoms with van der Waals surface area (Å²) in [4.78, 5) is 19.4. The monoisotopic (exact) mass is 288 g/mol. The van der Waals surface area contributed by atoms with Crippen LogP contribution in [0.5, 0.6) is 6.01 Å². The number of ether oxygens (including phenoxy) is 1. The maximum atomic E-state index is 13.8. The van der Waals surface area contributed by atoms with E-state index >= 15 is 0 Å². The average molecular weight is 288 g/mol. The first-order valence-corrected chi connectivity index (χ1v) is 5.90. The predicted octanol–water partition coefficient (Wildman–Crippen LogP) is 1.64. The number of fused-ring (bicyclic) bond motifs is 1. The van der Waals surface area contributed by atoms with Crippen LogP contribution >= 0.6 is 0 Å².